The first kappa shape index (κ1) is 27.4. The molecule has 1 aliphatic heterocycles. The highest BCUT2D eigenvalue weighted by molar-refractivity contribution is 6.31. The highest BCUT2D eigenvalue weighted by Crippen LogP contribution is 2.32. The minimum atomic E-state index is -0.996. The van der Waals surface area contributed by atoms with Gasteiger partial charge in [0.25, 0.3) is 0 Å². The second-order valence-electron chi connectivity index (χ2n) is 8.92. The monoisotopic (exact) mass is 516 g/mol. The van der Waals surface area contributed by atoms with Gasteiger partial charge in [-0.05, 0) is 48.6 Å². The van der Waals surface area contributed by atoms with Gasteiger partial charge in [0.1, 0.15) is 12.6 Å². The number of nitrogens with two attached hydrogens (primary N) is 1. The molecule has 1 saturated heterocycles. The summed E-state index contributed by atoms with van der Waals surface area (Å²) in [6, 6.07) is 13.7. The molecule has 0 saturated carbocycles. The number of aliphatic hydroxyl groups excluding tert-OH is 1. The number of carbonyl (C=O) groups is 3. The largest absolute Gasteiger partial charge is 0.447 e. The summed E-state index contributed by atoms with van der Waals surface area (Å²) in [5, 5.41) is 12.5. The highest BCUT2D eigenvalue weighted by atomic mass is 35.5. The zero-order valence-corrected chi connectivity index (χ0v) is 21.1. The van der Waals surface area contributed by atoms with Crippen molar-refractivity contribution in [3.63, 3.8) is 0 Å². The van der Waals surface area contributed by atoms with Gasteiger partial charge in [-0.3, -0.25) is 14.9 Å². The number of nitrogens with one attached hydrogen (secondary N) is 1. The molecule has 2 aromatic rings. The third-order valence-electron chi connectivity index (χ3n) is 6.64. The maximum Gasteiger partial charge on any atom is 0.411 e. The van der Waals surface area contributed by atoms with Crippen LogP contribution in [0.15, 0.2) is 48.5 Å². The van der Waals surface area contributed by atoms with Crippen LogP contribution in [0, 0.1) is 0 Å². The summed E-state index contributed by atoms with van der Waals surface area (Å²) in [7, 11) is 0. The Morgan fingerprint density at radius 3 is 2.47 bits per heavy atom. The number of anilines is 1. The second-order valence-corrected chi connectivity index (χ2v) is 9.32. The molecule has 3 rings (SSSR count). The molecule has 1 atom stereocenters. The first-order valence-corrected chi connectivity index (χ1v) is 12.3. The van der Waals surface area contributed by atoms with E-state index in [-0.39, 0.29) is 19.1 Å². The summed E-state index contributed by atoms with van der Waals surface area (Å²) < 4.78 is 5.61. The standard InChI is InChI=1S/C26H33ClN4O5/c1-2-19-7-9-21(10-8-19)29-25(35)36-17-26(11-13-30(14-12-26)24(34)23(28)16-32)31(18-33)15-20-5-3-4-6-22(20)27/h3-10,18,23,32H,2,11-17,28H2,1H3,(H,29,35)/t23-/m0/s1. The highest BCUT2D eigenvalue weighted by Gasteiger charge is 2.42. The van der Waals surface area contributed by atoms with Crippen molar-refractivity contribution in [2.45, 2.75) is 44.3 Å². The molecule has 2 aromatic carbocycles. The summed E-state index contributed by atoms with van der Waals surface area (Å²) in [5.74, 6) is -0.357. The Kier molecular flexibility index (Phi) is 9.69. The lowest BCUT2D eigenvalue weighted by molar-refractivity contribution is -0.139. The maximum absolute atomic E-state index is 12.6. The number of hydrogen-bond donors (Lipinski definition) is 3. The Morgan fingerprint density at radius 2 is 1.89 bits per heavy atom. The lowest BCUT2D eigenvalue weighted by Crippen LogP contribution is -2.60. The van der Waals surface area contributed by atoms with Crippen molar-refractivity contribution in [3.8, 4) is 0 Å². The minimum Gasteiger partial charge on any atom is -0.447 e. The van der Waals surface area contributed by atoms with E-state index in [1.807, 2.05) is 37.3 Å². The molecule has 4 N–H and O–H groups in total. The van der Waals surface area contributed by atoms with Gasteiger partial charge in [0, 0.05) is 30.3 Å². The van der Waals surface area contributed by atoms with Crippen LogP contribution < -0.4 is 11.1 Å². The number of halogens is 1. The van der Waals surface area contributed by atoms with E-state index >= 15 is 0 Å². The van der Waals surface area contributed by atoms with Gasteiger partial charge in [0.2, 0.25) is 12.3 Å². The summed E-state index contributed by atoms with van der Waals surface area (Å²) in [6.45, 7) is 2.34. The molecule has 0 unspecified atom stereocenters. The van der Waals surface area contributed by atoms with E-state index in [9.17, 15) is 19.5 Å². The molecule has 194 valence electrons. The van der Waals surface area contributed by atoms with Crippen LogP contribution in [-0.2, 0) is 27.3 Å². The van der Waals surface area contributed by atoms with E-state index in [1.54, 1.807) is 28.0 Å². The van der Waals surface area contributed by atoms with Crippen LogP contribution in [0.1, 0.15) is 30.9 Å². The number of amides is 3. The number of aliphatic hydroxyl groups is 1. The molecule has 1 fully saturated rings. The van der Waals surface area contributed by atoms with Crippen LogP contribution in [0.4, 0.5) is 10.5 Å². The molecule has 9 nitrogen and oxygen atoms in total. The zero-order chi connectivity index (χ0) is 26.1. The van der Waals surface area contributed by atoms with Crippen LogP contribution in [0.2, 0.25) is 5.02 Å². The number of nitrogens with zero attached hydrogens (tertiary/aromatic N) is 2. The number of benzene rings is 2. The molecule has 36 heavy (non-hydrogen) atoms. The van der Waals surface area contributed by atoms with Gasteiger partial charge in [-0.15, -0.1) is 0 Å². The quantitative estimate of drug-likeness (QED) is 0.417. The molecule has 3 amide bonds. The molecule has 0 aromatic heterocycles. The topological polar surface area (TPSA) is 125 Å². The van der Waals surface area contributed by atoms with Crippen molar-refractivity contribution in [2.24, 2.45) is 5.73 Å². The van der Waals surface area contributed by atoms with E-state index < -0.39 is 24.3 Å². The number of rotatable bonds is 10. The zero-order valence-electron chi connectivity index (χ0n) is 20.4. The number of carbonyl (C=O) groups excluding carboxylic acids is 3. The van der Waals surface area contributed by atoms with Gasteiger partial charge in [0.15, 0.2) is 0 Å². The summed E-state index contributed by atoms with van der Waals surface area (Å²) in [5.41, 5.74) is 7.36. The first-order valence-electron chi connectivity index (χ1n) is 11.9. The van der Waals surface area contributed by atoms with E-state index in [0.717, 1.165) is 24.0 Å². The van der Waals surface area contributed by atoms with Crippen molar-refractivity contribution >= 4 is 35.7 Å². The van der Waals surface area contributed by atoms with E-state index in [0.29, 0.717) is 36.6 Å². The third-order valence-corrected chi connectivity index (χ3v) is 7.00. The van der Waals surface area contributed by atoms with Crippen molar-refractivity contribution in [2.75, 3.05) is 31.6 Å². The van der Waals surface area contributed by atoms with Crippen LogP contribution >= 0.6 is 11.6 Å². The summed E-state index contributed by atoms with van der Waals surface area (Å²) in [6.07, 6.45) is 1.70. The van der Waals surface area contributed by atoms with Gasteiger partial charge < -0.3 is 25.4 Å². The molecule has 1 heterocycles. The average Bonchev–Trinajstić information content (AvgIpc) is 2.91. The Balaban J connectivity index is 1.75. The Labute approximate surface area is 216 Å². The molecule has 0 radical (unpaired) electrons. The van der Waals surface area contributed by atoms with Gasteiger partial charge in [-0.2, -0.15) is 0 Å². The van der Waals surface area contributed by atoms with Gasteiger partial charge in [-0.1, -0.05) is 48.9 Å². The molecular weight excluding hydrogens is 484 g/mol. The molecular formula is C26H33ClN4O5. The summed E-state index contributed by atoms with van der Waals surface area (Å²) >= 11 is 6.34. The van der Waals surface area contributed by atoms with Crippen molar-refractivity contribution < 1.29 is 24.2 Å². The third kappa shape index (κ3) is 6.75. The summed E-state index contributed by atoms with van der Waals surface area (Å²) in [4.78, 5) is 40.5. The van der Waals surface area contributed by atoms with E-state index in [2.05, 4.69) is 5.32 Å². The van der Waals surface area contributed by atoms with Gasteiger partial charge in [0.05, 0.1) is 12.1 Å². The predicted molar refractivity (Wildman–Crippen MR) is 137 cm³/mol. The molecule has 1 aliphatic rings. The van der Waals surface area contributed by atoms with Crippen molar-refractivity contribution in [3.05, 3.63) is 64.7 Å². The lowest BCUT2D eigenvalue weighted by atomic mass is 9.86. The average molecular weight is 517 g/mol. The predicted octanol–water partition coefficient (Wildman–Crippen LogP) is 2.79. The number of ether oxygens (including phenoxy) is 1. The van der Waals surface area contributed by atoms with Crippen LogP contribution in [0.5, 0.6) is 0 Å². The van der Waals surface area contributed by atoms with Crippen molar-refractivity contribution in [1.29, 1.82) is 0 Å². The Morgan fingerprint density at radius 1 is 1.22 bits per heavy atom. The Bertz CT molecular complexity index is 1040. The normalized spacial score (nSPS) is 15.6. The van der Waals surface area contributed by atoms with Crippen LogP contribution in [0.25, 0.3) is 0 Å². The fraction of sp³-hybridized carbons (Fsp3) is 0.423. The fourth-order valence-corrected chi connectivity index (χ4v) is 4.47. The number of hydrogen-bond acceptors (Lipinski definition) is 6. The van der Waals surface area contributed by atoms with Gasteiger partial charge >= 0.3 is 6.09 Å². The minimum absolute atomic E-state index is 0.0663. The fourth-order valence-electron chi connectivity index (χ4n) is 4.27. The van der Waals surface area contributed by atoms with Crippen LogP contribution in [-0.4, -0.2) is 71.2 Å². The molecule has 0 bridgehead atoms. The molecule has 10 heteroatoms. The van der Waals surface area contributed by atoms with E-state index in [4.69, 9.17) is 22.1 Å². The Hall–Kier alpha value is -3.14. The number of aryl methyl sites for hydroxylation is 1. The van der Waals surface area contributed by atoms with Crippen molar-refractivity contribution in [1.82, 2.24) is 9.80 Å². The molecule has 0 aliphatic carbocycles. The first-order chi connectivity index (χ1) is 17.3. The smallest absolute Gasteiger partial charge is 0.411 e. The van der Waals surface area contributed by atoms with E-state index in [1.165, 1.54) is 0 Å². The lowest BCUT2D eigenvalue weighted by Gasteiger charge is -2.47. The SMILES string of the molecule is CCc1ccc(NC(=O)OCC2(N(C=O)Cc3ccccc3Cl)CCN(C(=O)[C@@H](N)CO)CC2)cc1. The second kappa shape index (κ2) is 12.7. The number of piperidine rings is 1. The number of likely N-dealkylation sites (tertiary alicyclic amines) is 1. The maximum atomic E-state index is 12.6. The van der Waals surface area contributed by atoms with Crippen LogP contribution in [0.3, 0.4) is 0 Å². The molecule has 0 spiro atoms. The van der Waals surface area contributed by atoms with Gasteiger partial charge in [-0.25, -0.2) is 4.79 Å².